The van der Waals surface area contributed by atoms with Crippen molar-refractivity contribution in [1.82, 2.24) is 8.75 Å². The van der Waals surface area contributed by atoms with Gasteiger partial charge in [-0.05, 0) is 63.8 Å². The lowest BCUT2D eigenvalue weighted by molar-refractivity contribution is 0.999. The molecule has 0 fully saturated rings. The van der Waals surface area contributed by atoms with Crippen molar-refractivity contribution in [2.24, 2.45) is 8.73 Å². The van der Waals surface area contributed by atoms with Crippen LogP contribution >= 0.6 is 27.7 Å². The fraction of sp³-hybridized carbons (Fsp3) is 0.100. The Bertz CT molecular complexity index is 1370. The van der Waals surface area contributed by atoms with Crippen LogP contribution in [-0.4, -0.2) is 15.3 Å². The van der Waals surface area contributed by atoms with Crippen molar-refractivity contribution in [2.45, 2.75) is 6.42 Å². The van der Waals surface area contributed by atoms with Crippen molar-refractivity contribution >= 4 is 78.5 Å². The fourth-order valence-corrected chi connectivity index (χ4v) is 5.90. The molecular formula is C20H13BrN6S2. The number of anilines is 3. The molecule has 1 aromatic heterocycles. The maximum atomic E-state index is 5.94. The van der Waals surface area contributed by atoms with Crippen LogP contribution in [0.1, 0.15) is 5.56 Å². The summed E-state index contributed by atoms with van der Waals surface area (Å²) in [6.07, 6.45) is 1.01. The zero-order valence-electron chi connectivity index (χ0n) is 15.0. The second-order valence-electron chi connectivity index (χ2n) is 6.95. The first kappa shape index (κ1) is 17.3. The number of aromatic nitrogens is 2. The number of benzene rings is 3. The number of hydrogen-bond acceptors (Lipinski definition) is 7. The van der Waals surface area contributed by atoms with Crippen LogP contribution in [0.25, 0.3) is 22.2 Å². The molecule has 0 aliphatic carbocycles. The Morgan fingerprint density at radius 3 is 2.62 bits per heavy atom. The summed E-state index contributed by atoms with van der Waals surface area (Å²) in [5.74, 6) is 0. The Morgan fingerprint density at radius 1 is 0.966 bits per heavy atom. The number of rotatable bonds is 2. The van der Waals surface area contributed by atoms with Gasteiger partial charge < -0.3 is 10.6 Å². The molecule has 6 rings (SSSR count). The lowest BCUT2D eigenvalue weighted by Crippen LogP contribution is -2.12. The average molecular weight is 481 g/mol. The zero-order chi connectivity index (χ0) is 19.5. The molecule has 0 spiro atoms. The van der Waals surface area contributed by atoms with Crippen molar-refractivity contribution in [2.75, 3.05) is 17.2 Å². The molecule has 29 heavy (non-hydrogen) atoms. The summed E-state index contributed by atoms with van der Waals surface area (Å²) < 4.78 is 18.8. The Balaban J connectivity index is 1.45. The number of hydrogen-bond donors (Lipinski definition) is 1. The maximum Gasteiger partial charge on any atom is 0.122 e. The quantitative estimate of drug-likeness (QED) is 0.308. The number of halogens is 1. The largest absolute Gasteiger partial charge is 0.399 e. The molecule has 0 unspecified atom stereocenters. The van der Waals surface area contributed by atoms with E-state index < -0.39 is 0 Å². The van der Waals surface area contributed by atoms with Crippen molar-refractivity contribution in [1.29, 1.82) is 0 Å². The molecule has 4 aromatic rings. The molecule has 0 radical (unpaired) electrons. The highest BCUT2D eigenvalue weighted by atomic mass is 79.9. The summed E-state index contributed by atoms with van der Waals surface area (Å²) in [5.41, 5.74) is 15.9. The Labute approximate surface area is 182 Å². The number of fused-ring (bicyclic) bond motifs is 3. The second kappa shape index (κ2) is 6.45. The van der Waals surface area contributed by atoms with Gasteiger partial charge in [0.25, 0.3) is 0 Å². The lowest BCUT2D eigenvalue weighted by Gasteiger charge is -2.20. The highest BCUT2D eigenvalue weighted by Gasteiger charge is 2.25. The highest BCUT2D eigenvalue weighted by molar-refractivity contribution is 9.10. The lowest BCUT2D eigenvalue weighted by atomic mass is 10.0. The summed E-state index contributed by atoms with van der Waals surface area (Å²) in [6, 6.07) is 14.7. The molecule has 3 heterocycles. The second-order valence-corrected chi connectivity index (χ2v) is 8.80. The molecule has 0 saturated carbocycles. The predicted octanol–water partition coefficient (Wildman–Crippen LogP) is 6.12. The molecule has 2 aliphatic heterocycles. The van der Waals surface area contributed by atoms with E-state index in [4.69, 9.17) is 5.73 Å². The first-order valence-corrected chi connectivity index (χ1v) is 11.3. The van der Waals surface area contributed by atoms with E-state index in [-0.39, 0.29) is 0 Å². The van der Waals surface area contributed by atoms with Gasteiger partial charge in [-0.2, -0.15) is 17.5 Å². The van der Waals surface area contributed by atoms with E-state index in [0.29, 0.717) is 0 Å². The molecule has 3 aromatic carbocycles. The molecule has 0 bridgehead atoms. The standard InChI is InChI=1S/C20H13BrN6S2/c21-16-19-17(23-28-25-19)15(18-20(16)26-29-24-18)10-1-4-13(5-2-10)27-8-7-11-9-12(22)3-6-14(11)27/h1-6,9H,7-8,22H2. The van der Waals surface area contributed by atoms with Crippen LogP contribution < -0.4 is 10.6 Å². The van der Waals surface area contributed by atoms with Gasteiger partial charge in [0.1, 0.15) is 22.4 Å². The minimum absolute atomic E-state index is 0.818. The van der Waals surface area contributed by atoms with E-state index in [9.17, 15) is 0 Å². The van der Waals surface area contributed by atoms with Crippen LogP contribution in [0, 0.1) is 0 Å². The highest BCUT2D eigenvalue weighted by Crippen LogP contribution is 2.50. The van der Waals surface area contributed by atoms with Crippen LogP contribution in [0.2, 0.25) is 0 Å². The minimum Gasteiger partial charge on any atom is -0.399 e. The van der Waals surface area contributed by atoms with Gasteiger partial charge in [0.05, 0.1) is 27.6 Å². The predicted molar refractivity (Wildman–Crippen MR) is 124 cm³/mol. The van der Waals surface area contributed by atoms with E-state index in [1.807, 2.05) is 6.07 Å². The van der Waals surface area contributed by atoms with Gasteiger partial charge in [0.2, 0.25) is 0 Å². The van der Waals surface area contributed by atoms with E-state index in [0.717, 1.165) is 62.3 Å². The van der Waals surface area contributed by atoms with Gasteiger partial charge in [-0.1, -0.05) is 12.1 Å². The number of nitrogens with two attached hydrogens (primary N) is 1. The molecule has 0 atom stereocenters. The van der Waals surface area contributed by atoms with Gasteiger partial charge in [0, 0.05) is 29.2 Å². The topological polar surface area (TPSA) is 79.8 Å². The molecule has 2 aliphatic rings. The van der Waals surface area contributed by atoms with Gasteiger partial charge in [-0.15, -0.1) is 0 Å². The third-order valence-corrected chi connectivity index (χ3v) is 7.14. The Hall–Kier alpha value is -2.62. The van der Waals surface area contributed by atoms with Crippen LogP contribution in [0.15, 0.2) is 55.7 Å². The number of nitrogen functional groups attached to an aromatic ring is 1. The third kappa shape index (κ3) is 2.58. The van der Waals surface area contributed by atoms with Crippen LogP contribution in [0.4, 0.5) is 28.4 Å². The third-order valence-electron chi connectivity index (χ3n) is 5.33. The molecule has 0 saturated heterocycles. The molecular weight excluding hydrogens is 468 g/mol. The minimum atomic E-state index is 0.818. The molecule has 2 N–H and O–H groups in total. The van der Waals surface area contributed by atoms with Crippen molar-refractivity contribution in [3.8, 4) is 11.1 Å². The van der Waals surface area contributed by atoms with Crippen LogP contribution in [-0.2, 0) is 17.8 Å². The Morgan fingerprint density at radius 2 is 1.76 bits per heavy atom. The summed E-state index contributed by atoms with van der Waals surface area (Å²) in [5, 5.41) is 0. The molecule has 0 amide bonds. The van der Waals surface area contributed by atoms with Crippen molar-refractivity contribution in [3.63, 3.8) is 0 Å². The van der Waals surface area contributed by atoms with Crippen molar-refractivity contribution < 1.29 is 0 Å². The zero-order valence-corrected chi connectivity index (χ0v) is 18.2. The monoisotopic (exact) mass is 480 g/mol. The van der Waals surface area contributed by atoms with Gasteiger partial charge in [-0.3, -0.25) is 0 Å². The first-order chi connectivity index (χ1) is 14.2. The van der Waals surface area contributed by atoms with Crippen molar-refractivity contribution in [3.05, 3.63) is 52.5 Å². The van der Waals surface area contributed by atoms with Gasteiger partial charge in [0.15, 0.2) is 0 Å². The smallest absolute Gasteiger partial charge is 0.122 e. The summed E-state index contributed by atoms with van der Waals surface area (Å²) >= 11 is 6.03. The maximum absolute atomic E-state index is 5.94. The average Bonchev–Trinajstić information content (AvgIpc) is 3.48. The summed E-state index contributed by atoms with van der Waals surface area (Å²) in [6.45, 7) is 0.955. The van der Waals surface area contributed by atoms with Crippen LogP contribution in [0.5, 0.6) is 0 Å². The first-order valence-electron chi connectivity index (χ1n) is 9.03. The summed E-state index contributed by atoms with van der Waals surface area (Å²) in [7, 11) is 0. The molecule has 6 nitrogen and oxygen atoms in total. The van der Waals surface area contributed by atoms with Gasteiger partial charge in [-0.25, -0.2) is 0 Å². The van der Waals surface area contributed by atoms with E-state index in [1.54, 1.807) is 0 Å². The van der Waals surface area contributed by atoms with E-state index in [2.05, 4.69) is 74.7 Å². The SMILES string of the molecule is Nc1ccc2c(c1)CCN2c1ccc(-c2c3c(c(Br)c4nsnc24)N=S=N3)cc1. The van der Waals surface area contributed by atoms with Gasteiger partial charge >= 0.3 is 0 Å². The molecule has 142 valence electrons. The molecule has 9 heteroatoms. The van der Waals surface area contributed by atoms with Crippen LogP contribution in [0.3, 0.4) is 0 Å². The normalized spacial score (nSPS) is 14.3. The Kier molecular flexibility index (Phi) is 3.84. The van der Waals surface area contributed by atoms with E-state index >= 15 is 0 Å². The number of nitrogens with zero attached hydrogens (tertiary/aromatic N) is 5. The fourth-order valence-electron chi connectivity index (χ4n) is 3.99. The summed E-state index contributed by atoms with van der Waals surface area (Å²) in [4.78, 5) is 2.33. The van der Waals surface area contributed by atoms with E-state index in [1.165, 1.54) is 34.3 Å².